The predicted molar refractivity (Wildman–Crippen MR) is 66.3 cm³/mol. The fourth-order valence-corrected chi connectivity index (χ4v) is 2.19. The van der Waals surface area contributed by atoms with Crippen LogP contribution in [0.2, 0.25) is 0 Å². The average molecular weight is 281 g/mol. The van der Waals surface area contributed by atoms with E-state index in [9.17, 15) is 8.78 Å². The van der Waals surface area contributed by atoms with Crippen molar-refractivity contribution in [3.63, 3.8) is 0 Å². The van der Waals surface area contributed by atoms with E-state index >= 15 is 0 Å². The average Bonchev–Trinajstić information content (AvgIpc) is 2.86. The number of aromatic nitrogens is 2. The number of anilines is 1. The lowest BCUT2D eigenvalue weighted by molar-refractivity contribution is 0.0357. The van der Waals surface area contributed by atoms with Gasteiger partial charge in [0.15, 0.2) is 0 Å². The molecular weight excluding hydrogens is 268 g/mol. The second-order valence-corrected chi connectivity index (χ2v) is 4.57. The maximum absolute atomic E-state index is 13.8. The van der Waals surface area contributed by atoms with Crippen LogP contribution in [0, 0.1) is 18.6 Å². The lowest BCUT2D eigenvalue weighted by Crippen LogP contribution is -2.38. The van der Waals surface area contributed by atoms with Gasteiger partial charge >= 0.3 is 6.01 Å². The molecule has 0 amide bonds. The predicted octanol–water partition coefficient (Wildman–Crippen LogP) is 2.23. The van der Waals surface area contributed by atoms with Crippen molar-refractivity contribution >= 4 is 6.01 Å². The number of hydrogen-bond donors (Lipinski definition) is 0. The van der Waals surface area contributed by atoms with Crippen molar-refractivity contribution in [2.45, 2.75) is 13.0 Å². The maximum atomic E-state index is 13.8. The first-order chi connectivity index (χ1) is 9.63. The number of hydrogen-bond acceptors (Lipinski definition) is 5. The number of morpholine rings is 1. The number of nitrogens with zero attached hydrogens (tertiary/aromatic N) is 3. The summed E-state index contributed by atoms with van der Waals surface area (Å²) in [5, 5.41) is 7.70. The Hall–Kier alpha value is -2.02. The van der Waals surface area contributed by atoms with Gasteiger partial charge in [-0.05, 0) is 6.07 Å². The topological polar surface area (TPSA) is 51.4 Å². The number of rotatable bonds is 2. The SMILES string of the molecule is Cc1nnc(N2CCOC(c3ccc(F)cc3F)C2)o1. The molecule has 2 heterocycles. The second kappa shape index (κ2) is 5.16. The van der Waals surface area contributed by atoms with E-state index in [1.54, 1.807) is 6.92 Å². The molecule has 20 heavy (non-hydrogen) atoms. The largest absolute Gasteiger partial charge is 0.408 e. The Morgan fingerprint density at radius 3 is 2.85 bits per heavy atom. The third-order valence-corrected chi connectivity index (χ3v) is 3.16. The molecule has 2 aromatic rings. The van der Waals surface area contributed by atoms with Gasteiger partial charge in [-0.3, -0.25) is 0 Å². The lowest BCUT2D eigenvalue weighted by atomic mass is 10.1. The molecule has 3 rings (SSSR count). The van der Waals surface area contributed by atoms with E-state index in [0.717, 1.165) is 6.07 Å². The van der Waals surface area contributed by atoms with E-state index in [-0.39, 0.29) is 0 Å². The summed E-state index contributed by atoms with van der Waals surface area (Å²) in [4.78, 5) is 1.83. The minimum Gasteiger partial charge on any atom is -0.408 e. The summed E-state index contributed by atoms with van der Waals surface area (Å²) >= 11 is 0. The van der Waals surface area contributed by atoms with Crippen LogP contribution in [0.15, 0.2) is 22.6 Å². The van der Waals surface area contributed by atoms with Crippen LogP contribution in [0.5, 0.6) is 0 Å². The first kappa shape index (κ1) is 13.0. The molecule has 0 spiro atoms. The van der Waals surface area contributed by atoms with Crippen molar-refractivity contribution in [3.8, 4) is 0 Å². The monoisotopic (exact) mass is 281 g/mol. The van der Waals surface area contributed by atoms with Crippen molar-refractivity contribution in [3.05, 3.63) is 41.3 Å². The lowest BCUT2D eigenvalue weighted by Gasteiger charge is -2.31. The minimum atomic E-state index is -0.612. The highest BCUT2D eigenvalue weighted by Gasteiger charge is 2.27. The van der Waals surface area contributed by atoms with Crippen LogP contribution in [0.3, 0.4) is 0 Å². The highest BCUT2D eigenvalue weighted by molar-refractivity contribution is 5.29. The Balaban J connectivity index is 1.81. The molecule has 1 saturated heterocycles. The van der Waals surface area contributed by atoms with Crippen molar-refractivity contribution in [2.75, 3.05) is 24.6 Å². The van der Waals surface area contributed by atoms with Crippen molar-refractivity contribution < 1.29 is 17.9 Å². The zero-order valence-corrected chi connectivity index (χ0v) is 10.8. The van der Waals surface area contributed by atoms with Crippen LogP contribution in [0.25, 0.3) is 0 Å². The zero-order valence-electron chi connectivity index (χ0n) is 10.8. The van der Waals surface area contributed by atoms with Gasteiger partial charge in [0.2, 0.25) is 5.89 Å². The molecule has 0 saturated carbocycles. The third-order valence-electron chi connectivity index (χ3n) is 3.16. The van der Waals surface area contributed by atoms with Crippen molar-refractivity contribution in [1.29, 1.82) is 0 Å². The first-order valence-electron chi connectivity index (χ1n) is 6.25. The van der Waals surface area contributed by atoms with Gasteiger partial charge < -0.3 is 14.1 Å². The Morgan fingerprint density at radius 1 is 1.30 bits per heavy atom. The van der Waals surface area contributed by atoms with E-state index in [1.165, 1.54) is 12.1 Å². The first-order valence-corrected chi connectivity index (χ1v) is 6.25. The number of benzene rings is 1. The number of ether oxygens (including phenoxy) is 1. The molecule has 0 N–H and O–H groups in total. The fraction of sp³-hybridized carbons (Fsp3) is 0.385. The van der Waals surface area contributed by atoms with Gasteiger partial charge in [0.1, 0.15) is 17.7 Å². The van der Waals surface area contributed by atoms with E-state index in [4.69, 9.17) is 9.15 Å². The molecule has 106 valence electrons. The standard InChI is InChI=1S/C13H13F2N3O2/c1-8-16-17-13(20-8)18-4-5-19-12(7-18)10-3-2-9(14)6-11(10)15/h2-3,6,12H,4-5,7H2,1H3. The van der Waals surface area contributed by atoms with Crippen LogP contribution >= 0.6 is 0 Å². The van der Waals surface area contributed by atoms with Gasteiger partial charge in [0.25, 0.3) is 0 Å². The molecule has 1 fully saturated rings. The van der Waals surface area contributed by atoms with Gasteiger partial charge in [0.05, 0.1) is 13.2 Å². The molecule has 7 heteroatoms. The van der Waals surface area contributed by atoms with E-state index < -0.39 is 17.7 Å². The summed E-state index contributed by atoms with van der Waals surface area (Å²) in [5.41, 5.74) is 0.326. The van der Waals surface area contributed by atoms with Crippen LogP contribution in [0.4, 0.5) is 14.8 Å². The van der Waals surface area contributed by atoms with Crippen LogP contribution in [-0.2, 0) is 4.74 Å². The third kappa shape index (κ3) is 2.49. The zero-order chi connectivity index (χ0) is 14.1. The molecule has 0 aliphatic carbocycles. The Bertz CT molecular complexity index is 617. The van der Waals surface area contributed by atoms with Crippen LogP contribution in [-0.4, -0.2) is 29.9 Å². The molecule has 0 radical (unpaired) electrons. The summed E-state index contributed by atoms with van der Waals surface area (Å²) in [7, 11) is 0. The Labute approximate surface area is 114 Å². The molecule has 1 aromatic heterocycles. The summed E-state index contributed by atoms with van der Waals surface area (Å²) in [6, 6.07) is 3.86. The molecule has 1 aliphatic rings. The van der Waals surface area contributed by atoms with E-state index in [0.29, 0.717) is 37.2 Å². The minimum absolute atomic E-state index is 0.326. The number of aryl methyl sites for hydroxylation is 1. The molecule has 1 unspecified atom stereocenters. The smallest absolute Gasteiger partial charge is 0.318 e. The van der Waals surface area contributed by atoms with E-state index in [1.807, 2.05) is 4.90 Å². The van der Waals surface area contributed by atoms with Gasteiger partial charge in [-0.1, -0.05) is 11.2 Å². The van der Waals surface area contributed by atoms with Gasteiger partial charge in [-0.2, -0.15) is 0 Å². The number of halogens is 2. The van der Waals surface area contributed by atoms with Gasteiger partial charge in [-0.15, -0.1) is 5.10 Å². The molecule has 0 bridgehead atoms. The normalized spacial score (nSPS) is 19.4. The fourth-order valence-electron chi connectivity index (χ4n) is 2.19. The Kier molecular flexibility index (Phi) is 3.35. The summed E-state index contributed by atoms with van der Waals surface area (Å²) < 4.78 is 37.6. The quantitative estimate of drug-likeness (QED) is 0.845. The summed E-state index contributed by atoms with van der Waals surface area (Å²) in [5.74, 6) is -0.749. The van der Waals surface area contributed by atoms with E-state index in [2.05, 4.69) is 10.2 Å². The highest BCUT2D eigenvalue weighted by atomic mass is 19.1. The molecule has 1 atom stereocenters. The molecule has 1 aliphatic heterocycles. The van der Waals surface area contributed by atoms with Crippen LogP contribution < -0.4 is 4.90 Å². The Morgan fingerprint density at radius 2 is 2.15 bits per heavy atom. The van der Waals surface area contributed by atoms with Crippen LogP contribution in [0.1, 0.15) is 17.6 Å². The highest BCUT2D eigenvalue weighted by Crippen LogP contribution is 2.27. The maximum Gasteiger partial charge on any atom is 0.318 e. The summed E-state index contributed by atoms with van der Waals surface area (Å²) in [6.07, 6.45) is -0.489. The van der Waals surface area contributed by atoms with Crippen molar-refractivity contribution in [2.24, 2.45) is 0 Å². The molecule has 5 nitrogen and oxygen atoms in total. The van der Waals surface area contributed by atoms with Crippen molar-refractivity contribution in [1.82, 2.24) is 10.2 Å². The van der Waals surface area contributed by atoms with Gasteiger partial charge in [-0.25, -0.2) is 8.78 Å². The molecule has 1 aromatic carbocycles. The second-order valence-electron chi connectivity index (χ2n) is 4.57. The summed E-state index contributed by atoms with van der Waals surface area (Å²) in [6.45, 7) is 3.07. The molecular formula is C13H13F2N3O2. The van der Waals surface area contributed by atoms with Gasteiger partial charge in [0, 0.05) is 25.1 Å².